The zero-order chi connectivity index (χ0) is 37.7. The predicted molar refractivity (Wildman–Crippen MR) is 198 cm³/mol. The third kappa shape index (κ3) is 8.30. The lowest BCUT2D eigenvalue weighted by atomic mass is 9.91. The minimum absolute atomic E-state index is 0.105. The molecule has 1 amide bonds. The number of anilines is 1. The van der Waals surface area contributed by atoms with Crippen molar-refractivity contribution in [1.82, 2.24) is 14.5 Å². The lowest BCUT2D eigenvalue weighted by molar-refractivity contribution is 0.0722. The maximum Gasteiger partial charge on any atom is 0.254 e. The van der Waals surface area contributed by atoms with Gasteiger partial charge in [-0.15, -0.1) is 4.40 Å². The molecule has 3 N–H and O–H groups in total. The average molecular weight is 751 g/mol. The van der Waals surface area contributed by atoms with Gasteiger partial charge in [0, 0.05) is 55.0 Å². The van der Waals surface area contributed by atoms with Crippen LogP contribution in [0.5, 0.6) is 0 Å². The van der Waals surface area contributed by atoms with Crippen LogP contribution >= 0.6 is 11.6 Å². The summed E-state index contributed by atoms with van der Waals surface area (Å²) in [7, 11) is -0.807. The molecule has 3 aromatic carbocycles. The molecule has 1 unspecified atom stereocenters. The smallest absolute Gasteiger partial charge is 0.254 e. The van der Waals surface area contributed by atoms with Gasteiger partial charge in [-0.2, -0.15) is 0 Å². The number of nitrogens with one attached hydrogen (secondary N) is 1. The van der Waals surface area contributed by atoms with E-state index in [0.29, 0.717) is 46.4 Å². The number of nitrogens with two attached hydrogens (primary N) is 1. The molecule has 1 atom stereocenters. The third-order valence-corrected chi connectivity index (χ3v) is 9.18. The molecule has 5 aromatic rings. The van der Waals surface area contributed by atoms with Crippen LogP contribution in [0, 0.1) is 11.6 Å². The maximum absolute atomic E-state index is 14.6. The number of carbonyl (C=O) groups is 2. The van der Waals surface area contributed by atoms with Crippen LogP contribution in [0.15, 0.2) is 77.3 Å². The summed E-state index contributed by atoms with van der Waals surface area (Å²) in [6.07, 6.45) is 3.97. The van der Waals surface area contributed by atoms with Crippen LogP contribution in [-0.4, -0.2) is 67.9 Å². The molecule has 272 valence electrons. The van der Waals surface area contributed by atoms with Gasteiger partial charge in [-0.05, 0) is 54.8 Å². The number of aromatic nitrogens is 2. The van der Waals surface area contributed by atoms with Gasteiger partial charge < -0.3 is 25.3 Å². The Labute approximate surface area is 305 Å². The summed E-state index contributed by atoms with van der Waals surface area (Å²) in [5.41, 5.74) is 8.85. The number of nitrogens with zero attached hydrogens (tertiary/aromatic N) is 4. The monoisotopic (exact) mass is 750 g/mol. The van der Waals surface area contributed by atoms with Gasteiger partial charge in [0.15, 0.2) is 6.29 Å². The molecule has 0 saturated carbocycles. The molecule has 0 fully saturated rings. The van der Waals surface area contributed by atoms with E-state index in [1.54, 1.807) is 36.0 Å². The first kappa shape index (κ1) is 38.1. The standard InChI is InChI=1S/C37H37ClF2N6O5S/c1-5-14-51-21-46-13-12-23-18-29(28-10-11-30(38)32(34(28)42-2)35(41)44-52(4,49)50)33(43-36(23)46)31(17-22-15-25(39)19-26(40)16-22)45(3)37(48)27-9-7-6-8-24(27)20-47/h6-13,15-16,18-20,31,42H,5,14,17,21H2,1-4H3,(H2,41,44). The van der Waals surface area contributed by atoms with Gasteiger partial charge in [0.1, 0.15) is 29.8 Å². The molecule has 5 rings (SSSR count). The summed E-state index contributed by atoms with van der Waals surface area (Å²) < 4.78 is 64.7. The number of pyridine rings is 1. The Balaban J connectivity index is 1.84. The van der Waals surface area contributed by atoms with E-state index in [0.717, 1.165) is 18.7 Å². The number of rotatable bonds is 14. The number of amides is 1. The summed E-state index contributed by atoms with van der Waals surface area (Å²) >= 11 is 6.60. The van der Waals surface area contributed by atoms with Gasteiger partial charge in [0.25, 0.3) is 15.9 Å². The number of hydrogen-bond donors (Lipinski definition) is 2. The van der Waals surface area contributed by atoms with Gasteiger partial charge >= 0.3 is 0 Å². The minimum atomic E-state index is -3.92. The highest BCUT2D eigenvalue weighted by atomic mass is 35.5. The first-order valence-electron chi connectivity index (χ1n) is 16.2. The molecule has 0 aliphatic heterocycles. The number of fused-ring (bicyclic) bond motifs is 1. The molecule has 2 aromatic heterocycles. The number of likely N-dealkylation sites (N-methyl/N-ethyl adjacent to an activating group) is 1. The SMILES string of the molecule is CCCOCn1ccc2cc(-c3ccc(Cl)c(/C(N)=N/S(C)(=O)=O)c3NC)c(C(Cc3cc(F)cc(F)c3)N(C)C(=O)c3ccccc3C=O)nc21. The Kier molecular flexibility index (Phi) is 11.7. The van der Waals surface area contributed by atoms with Crippen molar-refractivity contribution in [3.63, 3.8) is 0 Å². The molecule has 0 bridgehead atoms. The van der Waals surface area contributed by atoms with Crippen molar-refractivity contribution >= 4 is 56.4 Å². The first-order chi connectivity index (χ1) is 24.8. The second-order valence-corrected chi connectivity index (χ2v) is 14.1. The predicted octanol–water partition coefficient (Wildman–Crippen LogP) is 6.59. The molecule has 2 heterocycles. The van der Waals surface area contributed by atoms with Crippen molar-refractivity contribution in [2.75, 3.05) is 32.3 Å². The molecular formula is C37H37ClF2N6O5S. The van der Waals surface area contributed by atoms with Crippen LogP contribution in [0.4, 0.5) is 14.5 Å². The van der Waals surface area contributed by atoms with Gasteiger partial charge in [-0.25, -0.2) is 22.2 Å². The van der Waals surface area contributed by atoms with Crippen LogP contribution in [0.1, 0.15) is 56.9 Å². The maximum atomic E-state index is 14.6. The fraction of sp³-hybridized carbons (Fsp3) is 0.243. The molecule has 52 heavy (non-hydrogen) atoms. The van der Waals surface area contributed by atoms with Gasteiger partial charge in [-0.3, -0.25) is 9.59 Å². The van der Waals surface area contributed by atoms with Crippen molar-refractivity contribution in [3.05, 3.63) is 118 Å². The average Bonchev–Trinajstić information content (AvgIpc) is 3.49. The van der Waals surface area contributed by atoms with Crippen molar-refractivity contribution < 1.29 is 31.5 Å². The summed E-state index contributed by atoms with van der Waals surface area (Å²) in [4.78, 5) is 32.7. The van der Waals surface area contributed by atoms with E-state index < -0.39 is 33.6 Å². The quantitative estimate of drug-likeness (QED) is 0.0559. The Morgan fingerprint density at radius 1 is 1.12 bits per heavy atom. The summed E-state index contributed by atoms with van der Waals surface area (Å²) in [6, 6.07) is 15.3. The zero-order valence-corrected chi connectivity index (χ0v) is 30.4. The lowest BCUT2D eigenvalue weighted by Gasteiger charge is -2.31. The molecule has 0 aliphatic rings. The van der Waals surface area contributed by atoms with Crippen molar-refractivity contribution in [1.29, 1.82) is 0 Å². The van der Waals surface area contributed by atoms with E-state index in [2.05, 4.69) is 9.71 Å². The number of benzene rings is 3. The summed E-state index contributed by atoms with van der Waals surface area (Å²) in [5, 5.41) is 3.86. The molecule has 0 spiro atoms. The van der Waals surface area contributed by atoms with Crippen molar-refractivity contribution in [2.24, 2.45) is 10.1 Å². The molecule has 0 aliphatic carbocycles. The Morgan fingerprint density at radius 3 is 2.48 bits per heavy atom. The Hall–Kier alpha value is -5.18. The van der Waals surface area contributed by atoms with Gasteiger partial charge in [0.2, 0.25) is 0 Å². The minimum Gasteiger partial charge on any atom is -0.387 e. The van der Waals surface area contributed by atoms with Crippen molar-refractivity contribution in [3.8, 4) is 11.1 Å². The van der Waals surface area contributed by atoms with E-state index in [-0.39, 0.29) is 46.3 Å². The largest absolute Gasteiger partial charge is 0.387 e. The highest BCUT2D eigenvalue weighted by Crippen LogP contribution is 2.41. The molecule has 0 saturated heterocycles. The fourth-order valence-electron chi connectivity index (χ4n) is 6.04. The van der Waals surface area contributed by atoms with Gasteiger partial charge in [0.05, 0.1) is 39.8 Å². The number of ether oxygens (including phenoxy) is 1. The lowest BCUT2D eigenvalue weighted by Crippen LogP contribution is -2.34. The second-order valence-electron chi connectivity index (χ2n) is 12.1. The Morgan fingerprint density at radius 2 is 1.83 bits per heavy atom. The van der Waals surface area contributed by atoms with E-state index >= 15 is 0 Å². The van der Waals surface area contributed by atoms with Crippen LogP contribution in [0.25, 0.3) is 22.2 Å². The number of sulfonamides is 1. The van der Waals surface area contributed by atoms with E-state index in [1.165, 1.54) is 42.3 Å². The topological polar surface area (TPSA) is 149 Å². The number of aldehydes is 1. The molecule has 0 radical (unpaired) electrons. The number of carbonyl (C=O) groups excluding carboxylic acids is 2. The number of hydrogen-bond acceptors (Lipinski definition) is 7. The Bertz CT molecular complexity index is 2280. The molecular weight excluding hydrogens is 714 g/mol. The zero-order valence-electron chi connectivity index (χ0n) is 28.9. The van der Waals surface area contributed by atoms with Crippen LogP contribution in [0.2, 0.25) is 5.02 Å². The number of halogens is 3. The summed E-state index contributed by atoms with van der Waals surface area (Å²) in [5.74, 6) is -2.52. The third-order valence-electron chi connectivity index (χ3n) is 8.33. The first-order valence-corrected chi connectivity index (χ1v) is 18.4. The summed E-state index contributed by atoms with van der Waals surface area (Å²) in [6.45, 7) is 2.66. The van der Waals surface area contributed by atoms with Crippen molar-refractivity contribution in [2.45, 2.75) is 32.5 Å². The molecule has 15 heteroatoms. The normalized spacial score (nSPS) is 12.6. The highest BCUT2D eigenvalue weighted by molar-refractivity contribution is 7.89. The highest BCUT2D eigenvalue weighted by Gasteiger charge is 2.31. The van der Waals surface area contributed by atoms with E-state index in [1.807, 2.05) is 19.1 Å². The number of amidine groups is 1. The van der Waals surface area contributed by atoms with E-state index in [4.69, 9.17) is 27.1 Å². The second kappa shape index (κ2) is 16.0. The van der Waals surface area contributed by atoms with Gasteiger partial charge in [-0.1, -0.05) is 42.8 Å². The van der Waals surface area contributed by atoms with E-state index in [9.17, 15) is 26.8 Å². The fourth-order valence-corrected chi connectivity index (χ4v) is 6.74. The van der Waals surface area contributed by atoms with Crippen LogP contribution in [0.3, 0.4) is 0 Å². The van der Waals surface area contributed by atoms with Crippen LogP contribution in [-0.2, 0) is 27.9 Å². The molecule has 11 nitrogen and oxygen atoms in total. The van der Waals surface area contributed by atoms with Crippen LogP contribution < -0.4 is 11.1 Å².